The Balaban J connectivity index is 1.74. The lowest BCUT2D eigenvalue weighted by Gasteiger charge is -2.31. The molecule has 0 amide bonds. The van der Waals surface area contributed by atoms with Gasteiger partial charge in [-0.3, -0.25) is 0 Å². The van der Waals surface area contributed by atoms with Crippen LogP contribution in [0.3, 0.4) is 0 Å². The fourth-order valence-electron chi connectivity index (χ4n) is 4.59. The van der Waals surface area contributed by atoms with Crippen molar-refractivity contribution in [1.29, 1.82) is 0 Å². The first-order valence-electron chi connectivity index (χ1n) is 15.6. The molecule has 1 N–H and O–H groups in total. The molecule has 2 nitrogen and oxygen atoms in total. The van der Waals surface area contributed by atoms with Crippen molar-refractivity contribution in [3.05, 3.63) is 111 Å². The van der Waals surface area contributed by atoms with Crippen molar-refractivity contribution in [2.75, 3.05) is 0 Å². The van der Waals surface area contributed by atoms with E-state index in [0.29, 0.717) is 0 Å². The van der Waals surface area contributed by atoms with Crippen LogP contribution in [0.1, 0.15) is 119 Å². The van der Waals surface area contributed by atoms with Crippen molar-refractivity contribution in [3.8, 4) is 11.5 Å². The van der Waals surface area contributed by atoms with Gasteiger partial charge in [-0.15, -0.1) is 0 Å². The Bertz CT molecular complexity index is 1280. The van der Waals surface area contributed by atoms with Gasteiger partial charge < -0.3 is 9.84 Å². The van der Waals surface area contributed by atoms with Gasteiger partial charge in [-0.1, -0.05) is 87.6 Å². The Kier molecular flexibility index (Phi) is 14.7. The minimum atomic E-state index is -0.321. The van der Waals surface area contributed by atoms with E-state index in [0.717, 1.165) is 62.7 Å². The van der Waals surface area contributed by atoms with Crippen molar-refractivity contribution < 1.29 is 9.84 Å². The second kappa shape index (κ2) is 17.6. The molecule has 0 spiro atoms. The molecule has 1 aliphatic heterocycles. The zero-order valence-electron chi connectivity index (χ0n) is 27.9. The number of hydrogen-bond acceptors (Lipinski definition) is 2. The molecule has 0 fully saturated rings. The minimum absolute atomic E-state index is 0.268. The summed E-state index contributed by atoms with van der Waals surface area (Å²) in [6.45, 7) is 19.9. The fourth-order valence-corrected chi connectivity index (χ4v) is 4.59. The number of ether oxygens (including phenoxy) is 1. The monoisotopic (exact) mass is 568 g/mol. The minimum Gasteiger partial charge on any atom is -0.508 e. The Hall–Kier alpha value is -3.26. The van der Waals surface area contributed by atoms with E-state index < -0.39 is 0 Å². The molecule has 1 aromatic carbocycles. The van der Waals surface area contributed by atoms with Gasteiger partial charge in [0.25, 0.3) is 0 Å². The Morgan fingerprint density at radius 2 is 1.07 bits per heavy atom. The lowest BCUT2D eigenvalue weighted by Crippen LogP contribution is -2.31. The van der Waals surface area contributed by atoms with Crippen LogP contribution in [0.25, 0.3) is 6.08 Å². The van der Waals surface area contributed by atoms with Gasteiger partial charge in [0, 0.05) is 5.56 Å². The number of aromatic hydroxyl groups is 1. The SMILES string of the molecule is CC(C)=CC/C(C)=C/C/C(C)=C/C/C(C)=C/C/C(C)=C/C/C(C)=C/C/C(C)=C/CCC1(C)C=Cc2cc(O)ccc2O1. The predicted molar refractivity (Wildman–Crippen MR) is 185 cm³/mol. The summed E-state index contributed by atoms with van der Waals surface area (Å²) in [6.07, 6.45) is 28.7. The highest BCUT2D eigenvalue weighted by Crippen LogP contribution is 2.35. The summed E-state index contributed by atoms with van der Waals surface area (Å²) in [6, 6.07) is 5.27. The highest BCUT2D eigenvalue weighted by Gasteiger charge is 2.26. The van der Waals surface area contributed by atoms with Gasteiger partial charge in [0.15, 0.2) is 0 Å². The van der Waals surface area contributed by atoms with Crippen molar-refractivity contribution in [2.24, 2.45) is 0 Å². The van der Waals surface area contributed by atoms with E-state index in [1.807, 2.05) is 6.07 Å². The highest BCUT2D eigenvalue weighted by molar-refractivity contribution is 5.62. The first-order valence-corrected chi connectivity index (χ1v) is 15.6. The summed E-state index contributed by atoms with van der Waals surface area (Å²) < 4.78 is 6.24. The van der Waals surface area contributed by atoms with E-state index in [9.17, 15) is 5.11 Å². The number of hydrogen-bond donors (Lipinski definition) is 1. The number of fused-ring (bicyclic) bond motifs is 1. The molecule has 0 saturated heterocycles. The summed E-state index contributed by atoms with van der Waals surface area (Å²) in [5.41, 5.74) is 10.6. The molecule has 1 atom stereocenters. The van der Waals surface area contributed by atoms with Crippen LogP contribution in [0.15, 0.2) is 106 Å². The summed E-state index contributed by atoms with van der Waals surface area (Å²) in [5.74, 6) is 1.10. The fraction of sp³-hybridized carbons (Fsp3) is 0.450. The number of allylic oxidation sites excluding steroid dienone is 14. The first kappa shape index (κ1) is 34.9. The Morgan fingerprint density at radius 1 is 0.643 bits per heavy atom. The maximum Gasteiger partial charge on any atom is 0.128 e. The molecular formula is C40H56O2. The molecule has 42 heavy (non-hydrogen) atoms. The van der Waals surface area contributed by atoms with Crippen molar-refractivity contribution >= 4 is 6.08 Å². The molecule has 1 aromatic rings. The van der Waals surface area contributed by atoms with Crippen LogP contribution in [0, 0.1) is 0 Å². The van der Waals surface area contributed by atoms with Crippen LogP contribution in [-0.2, 0) is 0 Å². The molecule has 0 bridgehead atoms. The number of benzene rings is 1. The van der Waals surface area contributed by atoms with Crippen LogP contribution >= 0.6 is 0 Å². The molecule has 0 aliphatic carbocycles. The molecule has 0 saturated carbocycles. The number of phenolic OH excluding ortho intramolecular Hbond substituents is 1. The van der Waals surface area contributed by atoms with Gasteiger partial charge in [0.05, 0.1) is 0 Å². The molecule has 0 radical (unpaired) electrons. The molecule has 0 aromatic heterocycles. The first-order chi connectivity index (χ1) is 19.8. The predicted octanol–water partition coefficient (Wildman–Crippen LogP) is 12.3. The Morgan fingerprint density at radius 3 is 1.52 bits per heavy atom. The van der Waals surface area contributed by atoms with Crippen LogP contribution < -0.4 is 4.74 Å². The van der Waals surface area contributed by atoms with Crippen LogP contribution in [-0.4, -0.2) is 10.7 Å². The zero-order chi connectivity index (χ0) is 31.1. The van der Waals surface area contributed by atoms with Crippen LogP contribution in [0.4, 0.5) is 0 Å². The third-order valence-electron chi connectivity index (χ3n) is 7.78. The standard InChI is InChI=1S/C40H56O2/c1-30(2)12-13-32(4)16-17-34(6)20-21-36(8)23-22-35(7)19-18-33(5)15-14-31(3)11-10-27-40(9)28-26-37-29-38(41)24-25-39(37)42-40/h11-12,15-16,19-20,23-26,28-29,41H,10,13-14,17-18,21-22,27H2,1-9H3/b31-11+,32-16+,33-15+,34-20+,35-19+,36-23+. The van der Waals surface area contributed by atoms with Gasteiger partial charge in [0.2, 0.25) is 0 Å². The van der Waals surface area contributed by atoms with Gasteiger partial charge in [-0.25, -0.2) is 0 Å². The van der Waals surface area contributed by atoms with Gasteiger partial charge in [-0.2, -0.15) is 0 Å². The molecule has 2 rings (SSSR count). The third-order valence-corrected chi connectivity index (χ3v) is 7.78. The van der Waals surface area contributed by atoms with Gasteiger partial charge in [-0.05, 0) is 138 Å². The van der Waals surface area contributed by atoms with Crippen LogP contribution in [0.5, 0.6) is 11.5 Å². The topological polar surface area (TPSA) is 29.5 Å². The van der Waals surface area contributed by atoms with Gasteiger partial charge >= 0.3 is 0 Å². The summed E-state index contributed by atoms with van der Waals surface area (Å²) >= 11 is 0. The summed E-state index contributed by atoms with van der Waals surface area (Å²) in [5, 5.41) is 9.68. The second-order valence-corrected chi connectivity index (χ2v) is 12.8. The molecule has 1 heterocycles. The van der Waals surface area contributed by atoms with Crippen molar-refractivity contribution in [1.82, 2.24) is 0 Å². The molecule has 1 aliphatic rings. The lowest BCUT2D eigenvalue weighted by molar-refractivity contribution is 0.128. The molecule has 228 valence electrons. The van der Waals surface area contributed by atoms with E-state index in [4.69, 9.17) is 4.74 Å². The summed E-state index contributed by atoms with van der Waals surface area (Å²) in [7, 11) is 0. The second-order valence-electron chi connectivity index (χ2n) is 12.8. The van der Waals surface area contributed by atoms with Gasteiger partial charge in [0.1, 0.15) is 17.1 Å². The largest absolute Gasteiger partial charge is 0.508 e. The third kappa shape index (κ3) is 14.1. The smallest absolute Gasteiger partial charge is 0.128 e. The Labute approximate surface area is 257 Å². The maximum absolute atomic E-state index is 9.68. The highest BCUT2D eigenvalue weighted by atomic mass is 16.5. The molecule has 2 heteroatoms. The van der Waals surface area contributed by atoms with E-state index in [2.05, 4.69) is 117 Å². The number of rotatable bonds is 15. The normalized spacial score (nSPS) is 18.6. The van der Waals surface area contributed by atoms with Crippen molar-refractivity contribution in [2.45, 2.75) is 119 Å². The van der Waals surface area contributed by atoms with E-state index in [1.54, 1.807) is 12.1 Å². The lowest BCUT2D eigenvalue weighted by atomic mass is 9.94. The van der Waals surface area contributed by atoms with E-state index in [-0.39, 0.29) is 11.4 Å². The summed E-state index contributed by atoms with van der Waals surface area (Å²) in [4.78, 5) is 0. The van der Waals surface area contributed by atoms with Crippen LogP contribution in [0.2, 0.25) is 0 Å². The zero-order valence-corrected chi connectivity index (χ0v) is 27.9. The van der Waals surface area contributed by atoms with Crippen molar-refractivity contribution in [3.63, 3.8) is 0 Å². The number of phenols is 1. The molecular weight excluding hydrogens is 512 g/mol. The van der Waals surface area contributed by atoms with E-state index in [1.165, 1.54) is 39.0 Å². The average molecular weight is 569 g/mol. The maximum atomic E-state index is 9.68. The molecule has 1 unspecified atom stereocenters. The quantitative estimate of drug-likeness (QED) is 0.213. The average Bonchev–Trinajstić information content (AvgIpc) is 2.94. The van der Waals surface area contributed by atoms with E-state index >= 15 is 0 Å².